The lowest BCUT2D eigenvalue weighted by Crippen LogP contribution is -2.26. The van der Waals surface area contributed by atoms with Crippen molar-refractivity contribution in [2.24, 2.45) is 0 Å². The number of nitrogens with zero attached hydrogens (tertiary/aromatic N) is 3. The number of carbonyl (C=O) groups excluding carboxylic acids is 1. The zero-order chi connectivity index (χ0) is 23.5. The minimum atomic E-state index is -0.541. The van der Waals surface area contributed by atoms with Gasteiger partial charge in [-0.15, -0.1) is 0 Å². The number of rotatable bonds is 5. The molecule has 6 nitrogen and oxygen atoms in total. The SMILES string of the molecule is Cc1ccc(-n2c(SC(C)C(=O)Nc3cccc(C#N)c3)nc3ccccc3c2=O)c(C)c1. The standard InChI is InChI=1S/C26H22N4O2S/c1-16-11-12-23(17(2)13-16)30-25(32)21-9-4-5-10-22(21)29-26(30)33-18(3)24(31)28-20-8-6-7-19(14-20)15-27/h4-14,18H,1-3H3,(H,28,31). The second-order valence-electron chi connectivity index (χ2n) is 7.78. The van der Waals surface area contributed by atoms with E-state index in [4.69, 9.17) is 10.2 Å². The molecular formula is C26H22N4O2S. The zero-order valence-corrected chi connectivity index (χ0v) is 19.3. The fraction of sp³-hybridized carbons (Fsp3) is 0.154. The highest BCUT2D eigenvalue weighted by molar-refractivity contribution is 8.00. The molecule has 7 heteroatoms. The monoisotopic (exact) mass is 454 g/mol. The van der Waals surface area contributed by atoms with E-state index in [1.165, 1.54) is 11.8 Å². The minimum absolute atomic E-state index is 0.176. The molecule has 4 aromatic rings. The van der Waals surface area contributed by atoms with Crippen LogP contribution < -0.4 is 10.9 Å². The van der Waals surface area contributed by atoms with Gasteiger partial charge in [-0.2, -0.15) is 5.26 Å². The number of hydrogen-bond donors (Lipinski definition) is 1. The molecule has 33 heavy (non-hydrogen) atoms. The molecule has 0 fully saturated rings. The smallest absolute Gasteiger partial charge is 0.266 e. The molecule has 0 spiro atoms. The molecule has 1 atom stereocenters. The fourth-order valence-electron chi connectivity index (χ4n) is 3.58. The normalized spacial score (nSPS) is 11.7. The first-order chi connectivity index (χ1) is 15.9. The number of aromatic nitrogens is 2. The van der Waals surface area contributed by atoms with Gasteiger partial charge in [0.25, 0.3) is 5.56 Å². The Morgan fingerprint density at radius 2 is 1.88 bits per heavy atom. The molecule has 0 radical (unpaired) electrons. The van der Waals surface area contributed by atoms with Crippen molar-refractivity contribution < 1.29 is 4.79 Å². The maximum absolute atomic E-state index is 13.5. The molecule has 0 aliphatic carbocycles. The molecular weight excluding hydrogens is 432 g/mol. The van der Waals surface area contributed by atoms with Crippen LogP contribution in [0.5, 0.6) is 0 Å². The maximum atomic E-state index is 13.5. The van der Waals surface area contributed by atoms with Gasteiger partial charge in [-0.25, -0.2) is 4.98 Å². The Bertz CT molecular complexity index is 1470. The van der Waals surface area contributed by atoms with Crippen LogP contribution in [-0.2, 0) is 4.79 Å². The molecule has 0 aliphatic heterocycles. The van der Waals surface area contributed by atoms with Crippen LogP contribution in [0.1, 0.15) is 23.6 Å². The summed E-state index contributed by atoms with van der Waals surface area (Å²) in [6.07, 6.45) is 0. The van der Waals surface area contributed by atoms with Crippen molar-refractivity contribution in [3.63, 3.8) is 0 Å². The van der Waals surface area contributed by atoms with E-state index in [1.54, 1.807) is 47.9 Å². The maximum Gasteiger partial charge on any atom is 0.266 e. The molecule has 3 aromatic carbocycles. The summed E-state index contributed by atoms with van der Waals surface area (Å²) < 4.78 is 1.59. The molecule has 0 aliphatic rings. The third-order valence-electron chi connectivity index (χ3n) is 5.25. The molecule has 0 saturated heterocycles. The number of benzene rings is 3. The summed E-state index contributed by atoms with van der Waals surface area (Å²) in [4.78, 5) is 31.1. The van der Waals surface area contributed by atoms with Gasteiger partial charge in [-0.3, -0.25) is 14.2 Å². The van der Waals surface area contributed by atoms with Crippen molar-refractivity contribution in [1.29, 1.82) is 5.26 Å². The first kappa shape index (κ1) is 22.3. The number of amides is 1. The van der Waals surface area contributed by atoms with Gasteiger partial charge >= 0.3 is 0 Å². The average molecular weight is 455 g/mol. The number of thioether (sulfide) groups is 1. The topological polar surface area (TPSA) is 87.8 Å². The average Bonchev–Trinajstić information content (AvgIpc) is 2.80. The van der Waals surface area contributed by atoms with E-state index in [0.29, 0.717) is 27.3 Å². The quantitative estimate of drug-likeness (QED) is 0.339. The largest absolute Gasteiger partial charge is 0.325 e. The number of carbonyl (C=O) groups is 1. The molecule has 164 valence electrons. The van der Waals surface area contributed by atoms with Crippen LogP contribution in [0.25, 0.3) is 16.6 Å². The van der Waals surface area contributed by atoms with Crippen LogP contribution in [-0.4, -0.2) is 20.7 Å². The van der Waals surface area contributed by atoms with E-state index in [2.05, 4.69) is 11.4 Å². The molecule has 1 heterocycles. The number of nitriles is 1. The predicted octanol–water partition coefficient (Wildman–Crippen LogP) is 4.99. The van der Waals surface area contributed by atoms with E-state index in [9.17, 15) is 9.59 Å². The number of fused-ring (bicyclic) bond motifs is 1. The second-order valence-corrected chi connectivity index (χ2v) is 9.09. The first-order valence-electron chi connectivity index (χ1n) is 10.4. The van der Waals surface area contributed by atoms with E-state index in [-0.39, 0.29) is 11.5 Å². The van der Waals surface area contributed by atoms with Crippen LogP contribution in [0, 0.1) is 25.2 Å². The predicted molar refractivity (Wildman–Crippen MR) is 132 cm³/mol. The van der Waals surface area contributed by atoms with Crippen molar-refractivity contribution in [3.8, 4) is 11.8 Å². The lowest BCUT2D eigenvalue weighted by molar-refractivity contribution is -0.115. The fourth-order valence-corrected chi connectivity index (χ4v) is 4.50. The Morgan fingerprint density at radius 1 is 1.09 bits per heavy atom. The van der Waals surface area contributed by atoms with Crippen molar-refractivity contribution in [3.05, 3.63) is 93.8 Å². The summed E-state index contributed by atoms with van der Waals surface area (Å²) in [7, 11) is 0. The zero-order valence-electron chi connectivity index (χ0n) is 18.5. The molecule has 1 unspecified atom stereocenters. The molecule has 0 bridgehead atoms. The lowest BCUT2D eigenvalue weighted by Gasteiger charge is -2.18. The van der Waals surface area contributed by atoms with E-state index < -0.39 is 5.25 Å². The molecule has 4 rings (SSSR count). The second kappa shape index (κ2) is 9.31. The van der Waals surface area contributed by atoms with Crippen LogP contribution in [0.2, 0.25) is 0 Å². The lowest BCUT2D eigenvalue weighted by atomic mass is 10.1. The molecule has 1 amide bonds. The van der Waals surface area contributed by atoms with E-state index >= 15 is 0 Å². The van der Waals surface area contributed by atoms with Gasteiger partial charge in [0.1, 0.15) is 0 Å². The number of para-hydroxylation sites is 1. The summed E-state index contributed by atoms with van der Waals surface area (Å²) in [5.74, 6) is -0.246. The van der Waals surface area contributed by atoms with Gasteiger partial charge in [0.2, 0.25) is 5.91 Å². The number of nitrogens with one attached hydrogen (secondary N) is 1. The number of hydrogen-bond acceptors (Lipinski definition) is 5. The van der Waals surface area contributed by atoms with Gasteiger partial charge < -0.3 is 5.32 Å². The highest BCUT2D eigenvalue weighted by Gasteiger charge is 2.21. The molecule has 1 aromatic heterocycles. The highest BCUT2D eigenvalue weighted by atomic mass is 32.2. The van der Waals surface area contributed by atoms with Crippen molar-refractivity contribution in [1.82, 2.24) is 9.55 Å². The van der Waals surface area contributed by atoms with Gasteiger partial charge in [0.15, 0.2) is 5.16 Å². The Morgan fingerprint density at radius 3 is 2.64 bits per heavy atom. The Balaban J connectivity index is 1.74. The summed E-state index contributed by atoms with van der Waals surface area (Å²) in [6, 6.07) is 21.9. The first-order valence-corrected chi connectivity index (χ1v) is 11.3. The van der Waals surface area contributed by atoms with E-state index in [1.807, 2.05) is 44.2 Å². The number of anilines is 1. The summed E-state index contributed by atoms with van der Waals surface area (Å²) in [6.45, 7) is 5.72. The molecule has 1 N–H and O–H groups in total. The minimum Gasteiger partial charge on any atom is -0.325 e. The van der Waals surface area contributed by atoms with Crippen LogP contribution in [0.15, 0.2) is 76.7 Å². The summed E-state index contributed by atoms with van der Waals surface area (Å²) in [5.41, 5.74) is 4.20. The van der Waals surface area contributed by atoms with Crippen molar-refractivity contribution in [2.75, 3.05) is 5.32 Å². The third-order valence-corrected chi connectivity index (χ3v) is 6.30. The van der Waals surface area contributed by atoms with Gasteiger partial charge in [0.05, 0.1) is 33.5 Å². The number of aryl methyl sites for hydroxylation is 2. The third kappa shape index (κ3) is 4.66. The van der Waals surface area contributed by atoms with Crippen molar-refractivity contribution in [2.45, 2.75) is 31.2 Å². The Labute approximate surface area is 195 Å². The highest BCUT2D eigenvalue weighted by Crippen LogP contribution is 2.27. The Kier molecular flexibility index (Phi) is 6.29. The van der Waals surface area contributed by atoms with Gasteiger partial charge in [-0.1, -0.05) is 47.7 Å². The van der Waals surface area contributed by atoms with Crippen LogP contribution >= 0.6 is 11.8 Å². The van der Waals surface area contributed by atoms with Gasteiger partial charge in [-0.05, 0) is 62.7 Å². The van der Waals surface area contributed by atoms with Crippen LogP contribution in [0.3, 0.4) is 0 Å². The van der Waals surface area contributed by atoms with E-state index in [0.717, 1.165) is 16.8 Å². The summed E-state index contributed by atoms with van der Waals surface area (Å²) in [5, 5.41) is 12.3. The molecule has 0 saturated carbocycles. The summed E-state index contributed by atoms with van der Waals surface area (Å²) >= 11 is 1.22. The van der Waals surface area contributed by atoms with Crippen LogP contribution in [0.4, 0.5) is 5.69 Å². The van der Waals surface area contributed by atoms with Gasteiger partial charge in [0, 0.05) is 5.69 Å². The van der Waals surface area contributed by atoms with Crippen molar-refractivity contribution >= 4 is 34.3 Å². The Hall–Kier alpha value is -3.89.